The van der Waals surface area contributed by atoms with E-state index >= 15 is 0 Å². The van der Waals surface area contributed by atoms with Gasteiger partial charge in [-0.1, -0.05) is 36.4 Å². The second kappa shape index (κ2) is 6.13. The molecule has 148 valence electrons. The van der Waals surface area contributed by atoms with Crippen molar-refractivity contribution in [3.63, 3.8) is 0 Å². The van der Waals surface area contributed by atoms with Crippen LogP contribution in [0.1, 0.15) is 0 Å². The number of hydrogen-bond donors (Lipinski definition) is 1. The van der Waals surface area contributed by atoms with Crippen molar-refractivity contribution in [1.82, 2.24) is 4.98 Å². The normalized spacial score (nSPS) is 12.0. The maximum absolute atomic E-state index is 3.71. The first-order valence-corrected chi connectivity index (χ1v) is 11.0. The molecular formula is C26H23N3S. The second-order valence-electron chi connectivity index (χ2n) is 8.45. The van der Waals surface area contributed by atoms with Crippen LogP contribution < -0.4 is 9.80 Å². The van der Waals surface area contributed by atoms with Crippen LogP contribution in [0.15, 0.2) is 60.7 Å². The lowest BCUT2D eigenvalue weighted by Gasteiger charge is -2.11. The zero-order chi connectivity index (χ0) is 20.6. The number of rotatable bonds is 2. The fourth-order valence-electron chi connectivity index (χ4n) is 4.55. The average molecular weight is 410 g/mol. The summed E-state index contributed by atoms with van der Waals surface area (Å²) < 4.78 is 2.71. The van der Waals surface area contributed by atoms with Crippen LogP contribution in [0.25, 0.3) is 52.8 Å². The third-order valence-corrected chi connectivity index (χ3v) is 7.41. The Morgan fingerprint density at radius 1 is 0.600 bits per heavy atom. The van der Waals surface area contributed by atoms with Gasteiger partial charge in [0.15, 0.2) is 0 Å². The Morgan fingerprint density at radius 2 is 1.13 bits per heavy atom. The van der Waals surface area contributed by atoms with Crippen LogP contribution in [0, 0.1) is 0 Å². The van der Waals surface area contributed by atoms with Gasteiger partial charge in [-0.2, -0.15) is 0 Å². The Morgan fingerprint density at radius 3 is 1.83 bits per heavy atom. The molecule has 0 spiro atoms. The monoisotopic (exact) mass is 409 g/mol. The standard InChI is InChI=1S/C26H23N3S/c1-28(2)15-5-7-17-19-9-12-22-20(25(19)27-23(17)13-15)10-11-21-18-8-6-16(29(3)4)14-24(18)30-26(21)22/h5-14,27H,1-4H3. The smallest absolute Gasteiger partial charge is 0.0545 e. The Bertz CT molecular complexity index is 1480. The molecule has 0 aliphatic carbocycles. The largest absolute Gasteiger partial charge is 0.378 e. The van der Waals surface area contributed by atoms with E-state index in [1.165, 1.54) is 64.1 Å². The van der Waals surface area contributed by atoms with Gasteiger partial charge in [-0.25, -0.2) is 0 Å². The Balaban J connectivity index is 1.68. The highest BCUT2D eigenvalue weighted by Crippen LogP contribution is 2.42. The van der Waals surface area contributed by atoms with E-state index in [0.29, 0.717) is 0 Å². The fraction of sp³-hybridized carbons (Fsp3) is 0.154. The van der Waals surface area contributed by atoms with Crippen molar-refractivity contribution in [1.29, 1.82) is 0 Å². The molecule has 0 aliphatic heterocycles. The maximum atomic E-state index is 3.71. The molecule has 0 amide bonds. The van der Waals surface area contributed by atoms with E-state index in [2.05, 4.69) is 104 Å². The zero-order valence-electron chi connectivity index (χ0n) is 17.6. The van der Waals surface area contributed by atoms with Crippen LogP contribution in [0.5, 0.6) is 0 Å². The van der Waals surface area contributed by atoms with Crippen molar-refractivity contribution in [3.8, 4) is 0 Å². The minimum absolute atomic E-state index is 1.19. The van der Waals surface area contributed by atoms with Gasteiger partial charge < -0.3 is 14.8 Å². The maximum Gasteiger partial charge on any atom is 0.0545 e. The molecular weight excluding hydrogens is 386 g/mol. The van der Waals surface area contributed by atoms with Crippen LogP contribution >= 0.6 is 11.3 Å². The third-order valence-electron chi connectivity index (χ3n) is 6.20. The van der Waals surface area contributed by atoms with E-state index < -0.39 is 0 Å². The van der Waals surface area contributed by atoms with Crippen LogP contribution in [0.3, 0.4) is 0 Å². The van der Waals surface area contributed by atoms with Crippen LogP contribution in [0.4, 0.5) is 11.4 Å². The lowest BCUT2D eigenvalue weighted by Crippen LogP contribution is -2.07. The number of H-pyrrole nitrogens is 1. The van der Waals surface area contributed by atoms with Crippen molar-refractivity contribution < 1.29 is 0 Å². The molecule has 0 aliphatic rings. The molecule has 0 unspecified atom stereocenters. The summed E-state index contributed by atoms with van der Waals surface area (Å²) in [5.41, 5.74) is 4.87. The molecule has 0 saturated carbocycles. The lowest BCUT2D eigenvalue weighted by molar-refractivity contribution is 1.13. The Kier molecular flexibility index (Phi) is 3.60. The quantitative estimate of drug-likeness (QED) is 0.333. The molecule has 3 nitrogen and oxygen atoms in total. The number of thiophene rings is 1. The third kappa shape index (κ3) is 2.37. The van der Waals surface area contributed by atoms with E-state index in [0.717, 1.165) is 0 Å². The molecule has 30 heavy (non-hydrogen) atoms. The number of benzene rings is 4. The number of hydrogen-bond acceptors (Lipinski definition) is 3. The number of aromatic amines is 1. The number of nitrogens with zero attached hydrogens (tertiary/aromatic N) is 2. The van der Waals surface area contributed by atoms with Crippen molar-refractivity contribution in [2.75, 3.05) is 38.0 Å². The highest BCUT2D eigenvalue weighted by atomic mass is 32.1. The van der Waals surface area contributed by atoms with E-state index in [1.807, 2.05) is 11.3 Å². The first-order chi connectivity index (χ1) is 14.5. The van der Waals surface area contributed by atoms with Crippen molar-refractivity contribution in [3.05, 3.63) is 60.7 Å². The van der Waals surface area contributed by atoms with Crippen LogP contribution in [0.2, 0.25) is 0 Å². The number of aromatic nitrogens is 1. The molecule has 6 aromatic rings. The van der Waals surface area contributed by atoms with Gasteiger partial charge in [-0.05, 0) is 24.3 Å². The minimum Gasteiger partial charge on any atom is -0.378 e. The minimum atomic E-state index is 1.19. The first kappa shape index (κ1) is 17.6. The Hall–Kier alpha value is -3.24. The van der Waals surface area contributed by atoms with Gasteiger partial charge >= 0.3 is 0 Å². The van der Waals surface area contributed by atoms with E-state index in [1.54, 1.807) is 0 Å². The van der Waals surface area contributed by atoms with E-state index in [4.69, 9.17) is 0 Å². The molecule has 4 aromatic carbocycles. The van der Waals surface area contributed by atoms with Crippen LogP contribution in [-0.4, -0.2) is 33.2 Å². The molecule has 4 heteroatoms. The summed E-state index contributed by atoms with van der Waals surface area (Å²) in [6.07, 6.45) is 0. The summed E-state index contributed by atoms with van der Waals surface area (Å²) in [5, 5.41) is 7.88. The van der Waals surface area contributed by atoms with Gasteiger partial charge in [0.25, 0.3) is 0 Å². The van der Waals surface area contributed by atoms with Gasteiger partial charge in [-0.15, -0.1) is 11.3 Å². The summed E-state index contributed by atoms with van der Waals surface area (Å²) in [4.78, 5) is 8.02. The molecule has 0 bridgehead atoms. The van der Waals surface area contributed by atoms with Gasteiger partial charge in [-0.3, -0.25) is 0 Å². The molecule has 0 saturated heterocycles. The fourth-order valence-corrected chi connectivity index (χ4v) is 5.81. The van der Waals surface area contributed by atoms with Gasteiger partial charge in [0.1, 0.15) is 0 Å². The zero-order valence-corrected chi connectivity index (χ0v) is 18.4. The van der Waals surface area contributed by atoms with E-state index in [9.17, 15) is 0 Å². The second-order valence-corrected chi connectivity index (χ2v) is 9.50. The SMILES string of the molecule is CN(C)c1ccc2c(c1)[nH]c1c2ccc2c1ccc1c3ccc(N(C)C)cc3sc12. The van der Waals surface area contributed by atoms with Crippen molar-refractivity contribution in [2.24, 2.45) is 0 Å². The molecule has 2 heterocycles. The Labute approximate surface area is 179 Å². The van der Waals surface area contributed by atoms with Gasteiger partial charge in [0.2, 0.25) is 0 Å². The topological polar surface area (TPSA) is 22.3 Å². The molecule has 0 fully saturated rings. The molecule has 0 radical (unpaired) electrons. The van der Waals surface area contributed by atoms with Gasteiger partial charge in [0, 0.05) is 86.8 Å². The van der Waals surface area contributed by atoms with Crippen molar-refractivity contribution >= 4 is 75.5 Å². The molecule has 6 rings (SSSR count). The number of fused-ring (bicyclic) bond motifs is 9. The predicted octanol–water partition coefficient (Wildman–Crippen LogP) is 6.97. The lowest BCUT2D eigenvalue weighted by atomic mass is 10.0. The molecule has 1 N–H and O–H groups in total. The van der Waals surface area contributed by atoms with Crippen LogP contribution in [-0.2, 0) is 0 Å². The average Bonchev–Trinajstić information content (AvgIpc) is 3.30. The summed E-state index contributed by atoms with van der Waals surface area (Å²) >= 11 is 1.90. The van der Waals surface area contributed by atoms with Crippen molar-refractivity contribution in [2.45, 2.75) is 0 Å². The van der Waals surface area contributed by atoms with E-state index in [-0.39, 0.29) is 0 Å². The summed E-state index contributed by atoms with van der Waals surface area (Å²) in [5.74, 6) is 0. The highest BCUT2D eigenvalue weighted by Gasteiger charge is 2.14. The summed E-state index contributed by atoms with van der Waals surface area (Å²) in [6, 6.07) is 22.6. The van der Waals surface area contributed by atoms with Gasteiger partial charge in [0.05, 0.1) is 5.52 Å². The number of nitrogens with one attached hydrogen (secondary N) is 1. The summed E-state index contributed by atoms with van der Waals surface area (Å²) in [6.45, 7) is 0. The number of anilines is 2. The molecule has 0 atom stereocenters. The first-order valence-electron chi connectivity index (χ1n) is 10.2. The highest BCUT2D eigenvalue weighted by molar-refractivity contribution is 7.26. The summed E-state index contributed by atoms with van der Waals surface area (Å²) in [7, 11) is 8.36. The molecule has 2 aromatic heterocycles. The predicted molar refractivity (Wildman–Crippen MR) is 135 cm³/mol.